The van der Waals surface area contributed by atoms with Crippen molar-refractivity contribution >= 4 is 11.7 Å². The summed E-state index contributed by atoms with van der Waals surface area (Å²) in [5, 5.41) is 20.0. The van der Waals surface area contributed by atoms with Crippen molar-refractivity contribution in [1.29, 1.82) is 0 Å². The van der Waals surface area contributed by atoms with Gasteiger partial charge in [-0.05, 0) is 43.5 Å². The molecule has 0 radical (unpaired) electrons. The number of ether oxygens (including phenoxy) is 1. The van der Waals surface area contributed by atoms with Crippen LogP contribution in [0.4, 0.5) is 5.69 Å². The molecule has 1 rings (SSSR count). The molecule has 1 aromatic rings. The average Bonchev–Trinajstić information content (AvgIpc) is 2.33. The lowest BCUT2D eigenvalue weighted by molar-refractivity contribution is -0.147. The lowest BCUT2D eigenvalue weighted by atomic mass is 9.95. The first-order chi connectivity index (χ1) is 8.86. The number of hydrogen-bond acceptors (Lipinski definition) is 5. The molecule has 0 saturated carbocycles. The standard InChI is InChI=1S/C14H21NO4/c1-4-19-13(17)7-12(16)14(18)10-5-9(3)11(15)6-8(10)2/h5-6,12,14,16,18H,4,7,15H2,1-3H3. The highest BCUT2D eigenvalue weighted by Crippen LogP contribution is 2.26. The van der Waals surface area contributed by atoms with E-state index in [4.69, 9.17) is 10.5 Å². The molecule has 0 aliphatic heterocycles. The lowest BCUT2D eigenvalue weighted by Gasteiger charge is -2.20. The molecule has 2 atom stereocenters. The summed E-state index contributed by atoms with van der Waals surface area (Å²) in [6.07, 6.45) is -2.57. The number of nitrogens with two attached hydrogens (primary N) is 1. The van der Waals surface area contributed by atoms with E-state index in [-0.39, 0.29) is 13.0 Å². The molecule has 0 aliphatic rings. The third kappa shape index (κ3) is 3.94. The van der Waals surface area contributed by atoms with Gasteiger partial charge in [0.1, 0.15) is 6.10 Å². The zero-order valence-corrected chi connectivity index (χ0v) is 11.5. The van der Waals surface area contributed by atoms with Crippen LogP contribution in [0.25, 0.3) is 0 Å². The summed E-state index contributed by atoms with van der Waals surface area (Å²) in [5.41, 5.74) is 8.57. The highest BCUT2D eigenvalue weighted by molar-refractivity contribution is 5.70. The van der Waals surface area contributed by atoms with Gasteiger partial charge in [0.05, 0.1) is 19.1 Å². The number of benzene rings is 1. The molecule has 0 spiro atoms. The van der Waals surface area contributed by atoms with Crippen LogP contribution in [0, 0.1) is 13.8 Å². The van der Waals surface area contributed by atoms with Crippen LogP contribution in [0.15, 0.2) is 12.1 Å². The van der Waals surface area contributed by atoms with Crippen LogP contribution in [0.5, 0.6) is 0 Å². The van der Waals surface area contributed by atoms with Gasteiger partial charge in [0, 0.05) is 5.69 Å². The number of rotatable bonds is 5. The van der Waals surface area contributed by atoms with Crippen molar-refractivity contribution in [3.8, 4) is 0 Å². The molecule has 0 bridgehead atoms. The van der Waals surface area contributed by atoms with Crippen LogP contribution in [-0.4, -0.2) is 28.9 Å². The second-order valence-corrected chi connectivity index (χ2v) is 4.59. The first-order valence-electron chi connectivity index (χ1n) is 6.25. The van der Waals surface area contributed by atoms with E-state index in [1.807, 2.05) is 6.92 Å². The van der Waals surface area contributed by atoms with Gasteiger partial charge in [0.2, 0.25) is 0 Å². The van der Waals surface area contributed by atoms with Crippen LogP contribution in [-0.2, 0) is 9.53 Å². The molecule has 106 valence electrons. The van der Waals surface area contributed by atoms with Crippen LogP contribution in [0.3, 0.4) is 0 Å². The molecule has 4 N–H and O–H groups in total. The monoisotopic (exact) mass is 267 g/mol. The number of carbonyl (C=O) groups is 1. The molecule has 0 fully saturated rings. The maximum absolute atomic E-state index is 11.3. The molecular formula is C14H21NO4. The largest absolute Gasteiger partial charge is 0.466 e. The Morgan fingerprint density at radius 2 is 1.95 bits per heavy atom. The topological polar surface area (TPSA) is 92.8 Å². The summed E-state index contributed by atoms with van der Waals surface area (Å²) in [6, 6.07) is 3.47. The number of aliphatic hydroxyl groups is 2. The molecule has 19 heavy (non-hydrogen) atoms. The Kier molecular flexibility index (Phi) is 5.32. The number of esters is 1. The maximum Gasteiger partial charge on any atom is 0.308 e. The molecule has 0 aliphatic carbocycles. The zero-order valence-electron chi connectivity index (χ0n) is 11.5. The molecule has 1 aromatic carbocycles. The average molecular weight is 267 g/mol. The van der Waals surface area contributed by atoms with Gasteiger partial charge in [-0.3, -0.25) is 4.79 Å². The molecule has 0 amide bonds. The van der Waals surface area contributed by atoms with Crippen LogP contribution in [0.2, 0.25) is 0 Å². The smallest absolute Gasteiger partial charge is 0.308 e. The first kappa shape index (κ1) is 15.5. The second kappa shape index (κ2) is 6.54. The van der Waals surface area contributed by atoms with Gasteiger partial charge in [-0.25, -0.2) is 0 Å². The summed E-state index contributed by atoms with van der Waals surface area (Å²) in [4.78, 5) is 11.3. The Hall–Kier alpha value is -1.59. The van der Waals surface area contributed by atoms with Crippen LogP contribution >= 0.6 is 0 Å². The van der Waals surface area contributed by atoms with Crippen molar-refractivity contribution in [2.75, 3.05) is 12.3 Å². The maximum atomic E-state index is 11.3. The molecule has 0 heterocycles. The Morgan fingerprint density at radius 1 is 1.32 bits per heavy atom. The highest BCUT2D eigenvalue weighted by atomic mass is 16.5. The summed E-state index contributed by atoms with van der Waals surface area (Å²) >= 11 is 0. The predicted molar refractivity (Wildman–Crippen MR) is 72.5 cm³/mol. The van der Waals surface area contributed by atoms with Crippen LogP contribution < -0.4 is 5.73 Å². The number of hydrogen-bond donors (Lipinski definition) is 3. The fourth-order valence-electron chi connectivity index (χ4n) is 1.89. The van der Waals surface area contributed by atoms with Gasteiger partial charge in [0.15, 0.2) is 0 Å². The van der Waals surface area contributed by atoms with Gasteiger partial charge < -0.3 is 20.7 Å². The summed E-state index contributed by atoms with van der Waals surface area (Å²) in [5.74, 6) is -0.529. The van der Waals surface area contributed by atoms with E-state index >= 15 is 0 Å². The van der Waals surface area contributed by atoms with E-state index in [2.05, 4.69) is 0 Å². The second-order valence-electron chi connectivity index (χ2n) is 4.59. The summed E-state index contributed by atoms with van der Waals surface area (Å²) in [7, 11) is 0. The van der Waals surface area contributed by atoms with E-state index < -0.39 is 18.2 Å². The van der Waals surface area contributed by atoms with Crippen molar-refractivity contribution in [2.45, 2.75) is 39.4 Å². The Morgan fingerprint density at radius 3 is 2.53 bits per heavy atom. The van der Waals surface area contributed by atoms with Crippen LogP contribution in [0.1, 0.15) is 36.1 Å². The van der Waals surface area contributed by atoms with Crippen molar-refractivity contribution in [3.63, 3.8) is 0 Å². The molecule has 5 heteroatoms. The van der Waals surface area contributed by atoms with Gasteiger partial charge in [-0.15, -0.1) is 0 Å². The Balaban J connectivity index is 2.85. The Bertz CT molecular complexity index is 459. The first-order valence-corrected chi connectivity index (χ1v) is 6.25. The minimum atomic E-state index is -1.19. The van der Waals surface area contributed by atoms with E-state index in [0.717, 1.165) is 11.1 Å². The summed E-state index contributed by atoms with van der Waals surface area (Å²) < 4.78 is 4.74. The van der Waals surface area contributed by atoms with Crippen molar-refractivity contribution < 1.29 is 19.7 Å². The SMILES string of the molecule is CCOC(=O)CC(O)C(O)c1cc(C)c(N)cc1C. The molecule has 5 nitrogen and oxygen atoms in total. The van der Waals surface area contributed by atoms with Gasteiger partial charge in [0.25, 0.3) is 0 Å². The van der Waals surface area contributed by atoms with Crippen molar-refractivity contribution in [2.24, 2.45) is 0 Å². The van der Waals surface area contributed by atoms with E-state index in [1.54, 1.807) is 26.0 Å². The Labute approximate surface area is 113 Å². The highest BCUT2D eigenvalue weighted by Gasteiger charge is 2.23. The van der Waals surface area contributed by atoms with Crippen molar-refractivity contribution in [1.82, 2.24) is 0 Å². The summed E-state index contributed by atoms with van der Waals surface area (Å²) in [6.45, 7) is 5.56. The molecular weight excluding hydrogens is 246 g/mol. The molecule has 0 saturated heterocycles. The fraction of sp³-hybridized carbons (Fsp3) is 0.500. The third-order valence-electron chi connectivity index (χ3n) is 3.02. The quantitative estimate of drug-likeness (QED) is 0.551. The number of carbonyl (C=O) groups excluding carboxylic acids is 1. The number of aliphatic hydroxyl groups excluding tert-OH is 2. The number of anilines is 1. The lowest BCUT2D eigenvalue weighted by Crippen LogP contribution is -2.24. The predicted octanol–water partition coefficient (Wildman–Crippen LogP) is 1.23. The number of aryl methyl sites for hydroxylation is 2. The van der Waals surface area contributed by atoms with E-state index in [9.17, 15) is 15.0 Å². The van der Waals surface area contributed by atoms with E-state index in [0.29, 0.717) is 11.3 Å². The molecule has 0 aromatic heterocycles. The van der Waals surface area contributed by atoms with E-state index in [1.165, 1.54) is 0 Å². The van der Waals surface area contributed by atoms with Gasteiger partial charge in [-0.1, -0.05) is 6.07 Å². The third-order valence-corrected chi connectivity index (χ3v) is 3.02. The minimum Gasteiger partial charge on any atom is -0.466 e. The van der Waals surface area contributed by atoms with Gasteiger partial charge in [-0.2, -0.15) is 0 Å². The van der Waals surface area contributed by atoms with Gasteiger partial charge >= 0.3 is 5.97 Å². The minimum absolute atomic E-state index is 0.238. The normalized spacial score (nSPS) is 13.9. The fourth-order valence-corrected chi connectivity index (χ4v) is 1.89. The van der Waals surface area contributed by atoms with Crippen molar-refractivity contribution in [3.05, 3.63) is 28.8 Å². The number of nitrogen functional groups attached to an aromatic ring is 1. The zero-order chi connectivity index (χ0) is 14.6. The molecule has 2 unspecified atom stereocenters.